The first-order chi connectivity index (χ1) is 21.5. The monoisotopic (exact) mass is 645 g/mol. The summed E-state index contributed by atoms with van der Waals surface area (Å²) in [6.45, 7) is 3.73. The molecule has 0 aliphatic heterocycles. The topological polar surface area (TPSA) is 232 Å². The lowest BCUT2D eigenvalue weighted by Crippen LogP contribution is -2.34. The Labute approximate surface area is 267 Å². The lowest BCUT2D eigenvalue weighted by molar-refractivity contribution is -0.166. The van der Waals surface area contributed by atoms with E-state index in [1.807, 2.05) is 0 Å². The van der Waals surface area contributed by atoms with Crippen molar-refractivity contribution in [2.75, 3.05) is 39.3 Å². The summed E-state index contributed by atoms with van der Waals surface area (Å²) < 4.78 is 0. The zero-order valence-corrected chi connectivity index (χ0v) is 27.2. The molecule has 0 aromatic rings. The number of unbranched alkanes of at least 4 members (excludes halogenated alkanes) is 7. The van der Waals surface area contributed by atoms with Crippen molar-refractivity contribution >= 4 is 29.5 Å². The maximum Gasteiger partial charge on any atom is 0.246 e. The maximum atomic E-state index is 12.7. The molecule has 0 aliphatic rings. The number of hydroxylamine groups is 5. The van der Waals surface area contributed by atoms with Crippen molar-refractivity contribution < 1.29 is 39.6 Å². The van der Waals surface area contributed by atoms with Crippen LogP contribution in [0.2, 0.25) is 0 Å². The molecule has 0 spiro atoms. The number of hydrogen-bond donors (Lipinski definition) is 7. The summed E-state index contributed by atoms with van der Waals surface area (Å²) in [6.07, 6.45) is 10.1. The highest BCUT2D eigenvalue weighted by Crippen LogP contribution is 2.11. The van der Waals surface area contributed by atoms with Crippen LogP contribution in [0, 0.1) is 0 Å². The highest BCUT2D eigenvalue weighted by Gasteiger charge is 2.16. The van der Waals surface area contributed by atoms with Crippen LogP contribution >= 0.6 is 0 Å². The predicted molar refractivity (Wildman–Crippen MR) is 168 cm³/mol. The predicted octanol–water partition coefficient (Wildman–Crippen LogP) is 1.81. The Hall–Kier alpha value is -2.85. The van der Waals surface area contributed by atoms with Crippen LogP contribution in [-0.4, -0.2) is 105 Å². The zero-order chi connectivity index (χ0) is 33.9. The van der Waals surface area contributed by atoms with Crippen LogP contribution < -0.4 is 22.3 Å². The number of hydrogen-bond acceptors (Lipinski definition) is 10. The van der Waals surface area contributed by atoms with Gasteiger partial charge in [0.05, 0.1) is 0 Å². The van der Waals surface area contributed by atoms with E-state index in [1.165, 1.54) is 12.4 Å². The van der Waals surface area contributed by atoms with Crippen molar-refractivity contribution in [3.63, 3.8) is 0 Å². The number of amides is 5. The summed E-state index contributed by atoms with van der Waals surface area (Å²) >= 11 is 0. The molecule has 0 aromatic heterocycles. The average molecular weight is 646 g/mol. The summed E-state index contributed by atoms with van der Waals surface area (Å²) in [7, 11) is 0. The van der Waals surface area contributed by atoms with Gasteiger partial charge in [-0.15, -0.1) is 0 Å². The van der Waals surface area contributed by atoms with Crippen molar-refractivity contribution in [2.24, 2.45) is 11.5 Å². The molecule has 9 N–H and O–H groups in total. The van der Waals surface area contributed by atoms with Crippen LogP contribution in [0.4, 0.5) is 0 Å². The fraction of sp³-hybridized carbons (Fsp3) is 0.833. The second-order valence-electron chi connectivity index (χ2n) is 11.4. The number of nitrogens with one attached hydrogen (secondary N) is 2. The van der Waals surface area contributed by atoms with Gasteiger partial charge in [0.1, 0.15) is 0 Å². The van der Waals surface area contributed by atoms with Gasteiger partial charge in [-0.2, -0.15) is 0 Å². The Bertz CT molecular complexity index is 849. The molecule has 15 nitrogen and oxygen atoms in total. The van der Waals surface area contributed by atoms with Gasteiger partial charge >= 0.3 is 0 Å². The smallest absolute Gasteiger partial charge is 0.246 e. The molecule has 0 saturated heterocycles. The summed E-state index contributed by atoms with van der Waals surface area (Å²) in [5.74, 6) is -2.06. The van der Waals surface area contributed by atoms with Gasteiger partial charge in [0.25, 0.3) is 0 Å². The summed E-state index contributed by atoms with van der Waals surface area (Å²) in [5, 5.41) is 32.1. The fourth-order valence-corrected chi connectivity index (χ4v) is 4.63. The third-order valence-electron chi connectivity index (χ3n) is 7.46. The van der Waals surface area contributed by atoms with Crippen LogP contribution in [0.15, 0.2) is 0 Å². The number of nitrogens with zero attached hydrogens (tertiary/aromatic N) is 3. The molecule has 0 heterocycles. The molecule has 45 heavy (non-hydrogen) atoms. The summed E-state index contributed by atoms with van der Waals surface area (Å²) in [4.78, 5) is 60.9. The average Bonchev–Trinajstić information content (AvgIpc) is 3.02. The van der Waals surface area contributed by atoms with Crippen molar-refractivity contribution in [2.45, 2.75) is 122 Å². The minimum atomic E-state index is -0.619. The summed E-state index contributed by atoms with van der Waals surface area (Å²) in [6, 6.07) is 0.119. The molecular weight excluding hydrogens is 586 g/mol. The van der Waals surface area contributed by atoms with E-state index < -0.39 is 17.7 Å². The number of carbonyl (C=O) groups is 5. The molecule has 0 bridgehead atoms. The van der Waals surface area contributed by atoms with Gasteiger partial charge in [-0.3, -0.25) is 39.6 Å². The number of rotatable bonds is 28. The van der Waals surface area contributed by atoms with Crippen molar-refractivity contribution in [1.29, 1.82) is 0 Å². The van der Waals surface area contributed by atoms with Gasteiger partial charge in [0.2, 0.25) is 29.5 Å². The lowest BCUT2D eigenvalue weighted by Gasteiger charge is -2.23. The lowest BCUT2D eigenvalue weighted by atomic mass is 10.0. The van der Waals surface area contributed by atoms with E-state index in [0.717, 1.165) is 44.9 Å². The van der Waals surface area contributed by atoms with E-state index in [-0.39, 0.29) is 56.6 Å². The molecule has 0 fully saturated rings. The van der Waals surface area contributed by atoms with Crippen LogP contribution in [0.3, 0.4) is 0 Å². The van der Waals surface area contributed by atoms with Gasteiger partial charge in [0, 0.05) is 71.4 Å². The standard InChI is InChI=1S/C30H59N7O8/c1-25(38)36(44)23-10-3-8-20-33-27(39)15-18-30(42)37(45)24-11-4-9-21-35(29(41)17-16-28(40)34-43)22-12-6-14-26(32)13-5-2-7-19-31/h26,43-45H,2-24,31-32H2,1H3,(H,33,39)(H,34,40). The Kier molecular flexibility index (Phi) is 25.7. The Balaban J connectivity index is 4.29. The van der Waals surface area contributed by atoms with E-state index in [9.17, 15) is 34.4 Å². The summed E-state index contributed by atoms with van der Waals surface area (Å²) in [5.41, 5.74) is 13.3. The van der Waals surface area contributed by atoms with Gasteiger partial charge in [-0.1, -0.05) is 19.3 Å². The van der Waals surface area contributed by atoms with Crippen molar-refractivity contribution in [1.82, 2.24) is 25.8 Å². The second-order valence-corrected chi connectivity index (χ2v) is 11.4. The largest absolute Gasteiger partial charge is 0.356 e. The number of nitrogens with two attached hydrogens (primary N) is 2. The van der Waals surface area contributed by atoms with E-state index in [1.54, 1.807) is 4.90 Å². The molecule has 0 rings (SSSR count). The van der Waals surface area contributed by atoms with E-state index >= 15 is 0 Å². The first-order valence-electron chi connectivity index (χ1n) is 16.4. The van der Waals surface area contributed by atoms with E-state index in [4.69, 9.17) is 16.7 Å². The van der Waals surface area contributed by atoms with Crippen LogP contribution in [0.25, 0.3) is 0 Å². The van der Waals surface area contributed by atoms with Crippen molar-refractivity contribution in [3.8, 4) is 0 Å². The first-order valence-corrected chi connectivity index (χ1v) is 16.4. The van der Waals surface area contributed by atoms with Crippen LogP contribution in [-0.2, 0) is 24.0 Å². The molecule has 0 saturated carbocycles. The highest BCUT2D eigenvalue weighted by atomic mass is 16.5. The molecule has 15 heteroatoms. The fourth-order valence-electron chi connectivity index (χ4n) is 4.63. The third-order valence-corrected chi connectivity index (χ3v) is 7.46. The zero-order valence-electron chi connectivity index (χ0n) is 27.2. The Morgan fingerprint density at radius 3 is 1.78 bits per heavy atom. The molecule has 0 aliphatic carbocycles. The Morgan fingerprint density at radius 2 is 1.16 bits per heavy atom. The molecule has 0 aromatic carbocycles. The SMILES string of the molecule is CC(=O)N(O)CCCCCNC(=O)CCC(=O)N(O)CCCCCN(CCCCC(N)CCCCCN)C(=O)CCC(=O)NO. The normalized spacial score (nSPS) is 11.5. The van der Waals surface area contributed by atoms with Gasteiger partial charge in [0.15, 0.2) is 0 Å². The van der Waals surface area contributed by atoms with Gasteiger partial charge < -0.3 is 21.7 Å². The molecule has 1 unspecified atom stereocenters. The van der Waals surface area contributed by atoms with Gasteiger partial charge in [-0.25, -0.2) is 15.6 Å². The van der Waals surface area contributed by atoms with Gasteiger partial charge in [-0.05, 0) is 70.8 Å². The van der Waals surface area contributed by atoms with E-state index in [2.05, 4.69) is 5.32 Å². The molecule has 262 valence electrons. The minimum absolute atomic E-state index is 0.0108. The maximum absolute atomic E-state index is 12.7. The molecule has 0 radical (unpaired) electrons. The third kappa shape index (κ3) is 24.1. The van der Waals surface area contributed by atoms with Crippen LogP contribution in [0.5, 0.6) is 0 Å². The molecule has 5 amide bonds. The van der Waals surface area contributed by atoms with Crippen LogP contribution in [0.1, 0.15) is 116 Å². The second kappa shape index (κ2) is 27.5. The molecular formula is C30H59N7O8. The quantitative estimate of drug-likeness (QED) is 0.0370. The van der Waals surface area contributed by atoms with E-state index in [0.29, 0.717) is 74.8 Å². The highest BCUT2D eigenvalue weighted by molar-refractivity contribution is 5.83. The Morgan fingerprint density at radius 1 is 0.644 bits per heavy atom. The minimum Gasteiger partial charge on any atom is -0.356 e. The van der Waals surface area contributed by atoms with Crippen molar-refractivity contribution in [3.05, 3.63) is 0 Å². The molecule has 1 atom stereocenters. The first kappa shape index (κ1) is 42.1. The number of carbonyl (C=O) groups excluding carboxylic acids is 5.